The van der Waals surface area contributed by atoms with Gasteiger partial charge < -0.3 is 0 Å². The summed E-state index contributed by atoms with van der Waals surface area (Å²) >= 11 is 0. The van der Waals surface area contributed by atoms with Crippen molar-refractivity contribution in [3.63, 3.8) is 0 Å². The zero-order valence-corrected chi connectivity index (χ0v) is 13.7. The molecule has 0 saturated carbocycles. The number of hydrazine groups is 1. The Bertz CT molecular complexity index is 976. The molecular weight excluding hydrogens is 328 g/mol. The second-order valence-electron chi connectivity index (χ2n) is 5.88. The Labute approximate surface area is 149 Å². The van der Waals surface area contributed by atoms with E-state index >= 15 is 0 Å². The van der Waals surface area contributed by atoms with Gasteiger partial charge in [-0.1, -0.05) is 54.6 Å². The van der Waals surface area contributed by atoms with Crippen molar-refractivity contribution >= 4 is 17.7 Å². The topological polar surface area (TPSA) is 66.5 Å². The normalized spacial score (nSPS) is 12.8. The minimum Gasteiger partial charge on any atom is -0.267 e. The maximum absolute atomic E-state index is 12.4. The summed E-state index contributed by atoms with van der Waals surface area (Å²) in [4.78, 5) is 37.0. The summed E-state index contributed by atoms with van der Waals surface area (Å²) in [6.45, 7) is 0. The van der Waals surface area contributed by atoms with E-state index in [0.717, 1.165) is 16.1 Å². The molecule has 5 nitrogen and oxygen atoms in total. The van der Waals surface area contributed by atoms with Crippen LogP contribution in [0.3, 0.4) is 0 Å². The first kappa shape index (κ1) is 15.8. The van der Waals surface area contributed by atoms with Gasteiger partial charge in [-0.3, -0.25) is 19.8 Å². The molecule has 0 bridgehead atoms. The lowest BCUT2D eigenvalue weighted by Crippen LogP contribution is -2.45. The lowest BCUT2D eigenvalue weighted by Gasteiger charge is -2.15. The van der Waals surface area contributed by atoms with Gasteiger partial charge in [-0.15, -0.1) is 0 Å². The van der Waals surface area contributed by atoms with E-state index in [1.807, 2.05) is 42.5 Å². The Morgan fingerprint density at radius 1 is 0.654 bits per heavy atom. The molecular formula is C21H14N2O3. The molecule has 1 N–H and O–H groups in total. The Kier molecular flexibility index (Phi) is 3.82. The van der Waals surface area contributed by atoms with Crippen LogP contribution in [0.2, 0.25) is 0 Å². The van der Waals surface area contributed by atoms with Crippen molar-refractivity contribution in [3.8, 4) is 11.1 Å². The number of carbonyl (C=O) groups is 3. The van der Waals surface area contributed by atoms with Crippen molar-refractivity contribution in [1.82, 2.24) is 10.4 Å². The van der Waals surface area contributed by atoms with Crippen molar-refractivity contribution in [2.45, 2.75) is 0 Å². The fourth-order valence-electron chi connectivity index (χ4n) is 2.90. The maximum Gasteiger partial charge on any atom is 0.280 e. The molecule has 26 heavy (non-hydrogen) atoms. The maximum atomic E-state index is 12.4. The Morgan fingerprint density at radius 2 is 1.15 bits per heavy atom. The van der Waals surface area contributed by atoms with Gasteiger partial charge >= 0.3 is 0 Å². The first-order valence-corrected chi connectivity index (χ1v) is 8.09. The van der Waals surface area contributed by atoms with E-state index in [-0.39, 0.29) is 11.1 Å². The number of imide groups is 1. The molecule has 0 unspecified atom stereocenters. The molecule has 0 fully saturated rings. The summed E-state index contributed by atoms with van der Waals surface area (Å²) in [7, 11) is 0. The van der Waals surface area contributed by atoms with Crippen molar-refractivity contribution < 1.29 is 14.4 Å². The minimum atomic E-state index is -0.528. The van der Waals surface area contributed by atoms with Crippen LogP contribution in [0, 0.1) is 0 Å². The van der Waals surface area contributed by atoms with Crippen molar-refractivity contribution in [3.05, 3.63) is 95.6 Å². The van der Waals surface area contributed by atoms with Gasteiger partial charge in [-0.25, -0.2) is 0 Å². The molecule has 1 aliphatic heterocycles. The zero-order valence-electron chi connectivity index (χ0n) is 13.7. The number of fused-ring (bicyclic) bond motifs is 1. The lowest BCUT2D eigenvalue weighted by atomic mass is 10.0. The second-order valence-corrected chi connectivity index (χ2v) is 5.88. The number of amides is 3. The standard InChI is InChI=1S/C21H14N2O3/c24-19(16-12-10-15(11-13-16)14-6-2-1-3-7-14)22-23-20(25)17-8-4-5-9-18(17)21(23)26/h1-13H,(H,22,24). The van der Waals surface area contributed by atoms with Crippen molar-refractivity contribution in [2.24, 2.45) is 0 Å². The molecule has 3 amide bonds. The molecule has 1 heterocycles. The zero-order chi connectivity index (χ0) is 18.1. The van der Waals surface area contributed by atoms with E-state index in [4.69, 9.17) is 0 Å². The summed E-state index contributed by atoms with van der Waals surface area (Å²) in [5.41, 5.74) is 5.35. The smallest absolute Gasteiger partial charge is 0.267 e. The molecule has 4 rings (SSSR count). The van der Waals surface area contributed by atoms with E-state index in [9.17, 15) is 14.4 Å². The minimum absolute atomic E-state index is 0.289. The first-order valence-electron chi connectivity index (χ1n) is 8.09. The van der Waals surface area contributed by atoms with Crippen molar-refractivity contribution in [1.29, 1.82) is 0 Å². The predicted molar refractivity (Wildman–Crippen MR) is 96.3 cm³/mol. The first-order chi connectivity index (χ1) is 12.6. The van der Waals surface area contributed by atoms with Crippen LogP contribution >= 0.6 is 0 Å². The molecule has 0 radical (unpaired) electrons. The molecule has 0 aromatic heterocycles. The SMILES string of the molecule is O=C(NN1C(=O)c2ccccc2C1=O)c1ccc(-c2ccccc2)cc1. The van der Waals surface area contributed by atoms with Crippen LogP contribution in [0.25, 0.3) is 11.1 Å². The number of nitrogens with zero attached hydrogens (tertiary/aromatic N) is 1. The molecule has 1 aliphatic rings. The van der Waals surface area contributed by atoms with Gasteiger partial charge in [-0.2, -0.15) is 5.01 Å². The van der Waals surface area contributed by atoms with Gasteiger partial charge in [0.05, 0.1) is 11.1 Å². The number of carbonyl (C=O) groups excluding carboxylic acids is 3. The Hall–Kier alpha value is -3.73. The van der Waals surface area contributed by atoms with E-state index in [2.05, 4.69) is 5.43 Å². The molecule has 3 aromatic rings. The lowest BCUT2D eigenvalue weighted by molar-refractivity contribution is 0.0518. The molecule has 0 aliphatic carbocycles. The van der Waals surface area contributed by atoms with Crippen LogP contribution in [-0.2, 0) is 0 Å². The van der Waals surface area contributed by atoms with E-state index < -0.39 is 17.7 Å². The largest absolute Gasteiger partial charge is 0.280 e. The fraction of sp³-hybridized carbons (Fsp3) is 0. The fourth-order valence-corrected chi connectivity index (χ4v) is 2.90. The summed E-state index contributed by atoms with van der Waals surface area (Å²) < 4.78 is 0. The highest BCUT2D eigenvalue weighted by Crippen LogP contribution is 2.22. The van der Waals surface area contributed by atoms with Crippen molar-refractivity contribution in [2.75, 3.05) is 0 Å². The van der Waals surface area contributed by atoms with Gasteiger partial charge in [0.1, 0.15) is 0 Å². The third-order valence-corrected chi connectivity index (χ3v) is 4.26. The molecule has 0 spiro atoms. The average Bonchev–Trinajstić information content (AvgIpc) is 2.94. The summed E-state index contributed by atoms with van der Waals surface area (Å²) in [5, 5.41) is 0.762. The Morgan fingerprint density at radius 3 is 1.73 bits per heavy atom. The van der Waals surface area contributed by atoms with Gasteiger partial charge in [0, 0.05) is 5.56 Å². The van der Waals surface area contributed by atoms with Gasteiger partial charge in [-0.05, 0) is 35.4 Å². The van der Waals surface area contributed by atoms with E-state index in [0.29, 0.717) is 5.56 Å². The second kappa shape index (κ2) is 6.29. The quantitative estimate of drug-likeness (QED) is 0.743. The number of benzene rings is 3. The van der Waals surface area contributed by atoms with Crippen LogP contribution in [0.4, 0.5) is 0 Å². The predicted octanol–water partition coefficient (Wildman–Crippen LogP) is 3.29. The third kappa shape index (κ3) is 2.65. The van der Waals surface area contributed by atoms with Gasteiger partial charge in [0.2, 0.25) is 0 Å². The molecule has 0 atom stereocenters. The van der Waals surface area contributed by atoms with Gasteiger partial charge in [0.15, 0.2) is 0 Å². The third-order valence-electron chi connectivity index (χ3n) is 4.26. The van der Waals surface area contributed by atoms with Crippen LogP contribution in [0.1, 0.15) is 31.1 Å². The van der Waals surface area contributed by atoms with Crippen LogP contribution in [-0.4, -0.2) is 22.7 Å². The average molecular weight is 342 g/mol. The van der Waals surface area contributed by atoms with Crippen LogP contribution in [0.15, 0.2) is 78.9 Å². The molecule has 5 heteroatoms. The number of hydrogen-bond acceptors (Lipinski definition) is 3. The summed E-state index contributed by atoms with van der Waals surface area (Å²) in [6.07, 6.45) is 0. The highest BCUT2D eigenvalue weighted by atomic mass is 16.2. The highest BCUT2D eigenvalue weighted by Gasteiger charge is 2.36. The number of nitrogens with one attached hydrogen (secondary N) is 1. The number of rotatable bonds is 3. The van der Waals surface area contributed by atoms with E-state index in [1.54, 1.807) is 36.4 Å². The summed E-state index contributed by atoms with van der Waals surface area (Å²) in [6, 6.07) is 23.2. The number of hydrogen-bond donors (Lipinski definition) is 1. The summed E-state index contributed by atoms with van der Waals surface area (Å²) in [5.74, 6) is -1.57. The molecule has 0 saturated heterocycles. The highest BCUT2D eigenvalue weighted by molar-refractivity contribution is 6.22. The van der Waals surface area contributed by atoms with Crippen LogP contribution < -0.4 is 5.43 Å². The van der Waals surface area contributed by atoms with E-state index in [1.165, 1.54) is 0 Å². The molecule has 126 valence electrons. The van der Waals surface area contributed by atoms with Crippen LogP contribution in [0.5, 0.6) is 0 Å². The molecule has 3 aromatic carbocycles. The monoisotopic (exact) mass is 342 g/mol. The Balaban J connectivity index is 1.53. The van der Waals surface area contributed by atoms with Gasteiger partial charge in [0.25, 0.3) is 17.7 Å².